The molecule has 2 aromatic rings. The number of nitrogens with two attached hydrogens (primary N) is 1. The SMILES string of the molecule is CC(N)C(C)C(=O)Nc1cccc(-c2ccn[nH]2)c1.Cl. The normalized spacial score (nSPS) is 13.2. The number of benzene rings is 1. The second-order valence-corrected chi connectivity index (χ2v) is 4.69. The molecule has 4 N–H and O–H groups in total. The molecule has 20 heavy (non-hydrogen) atoms. The van der Waals surface area contributed by atoms with E-state index in [4.69, 9.17) is 5.73 Å². The standard InChI is InChI=1S/C14H18N4O.ClH/c1-9(10(2)15)14(19)17-12-5-3-4-11(8-12)13-6-7-16-18-13;/h3-10H,15H2,1-2H3,(H,16,18)(H,17,19);1H. The lowest BCUT2D eigenvalue weighted by molar-refractivity contribution is -0.119. The highest BCUT2D eigenvalue weighted by Crippen LogP contribution is 2.20. The molecule has 1 amide bonds. The van der Waals surface area contributed by atoms with Crippen LogP contribution in [0.1, 0.15) is 13.8 Å². The van der Waals surface area contributed by atoms with Crippen LogP contribution in [-0.2, 0) is 4.79 Å². The first-order valence-electron chi connectivity index (χ1n) is 6.24. The Morgan fingerprint density at radius 3 is 2.70 bits per heavy atom. The summed E-state index contributed by atoms with van der Waals surface area (Å²) in [5, 5.41) is 9.68. The summed E-state index contributed by atoms with van der Waals surface area (Å²) in [5.74, 6) is -0.299. The molecular formula is C14H19ClN4O. The molecule has 0 aliphatic rings. The van der Waals surface area contributed by atoms with Gasteiger partial charge in [0.25, 0.3) is 0 Å². The fourth-order valence-corrected chi connectivity index (χ4v) is 1.68. The maximum Gasteiger partial charge on any atom is 0.228 e. The maximum atomic E-state index is 11.9. The van der Waals surface area contributed by atoms with E-state index >= 15 is 0 Å². The van der Waals surface area contributed by atoms with Crippen molar-refractivity contribution in [3.05, 3.63) is 36.5 Å². The van der Waals surface area contributed by atoms with Gasteiger partial charge in [-0.3, -0.25) is 9.89 Å². The van der Waals surface area contributed by atoms with E-state index in [9.17, 15) is 4.79 Å². The Morgan fingerprint density at radius 1 is 1.35 bits per heavy atom. The van der Waals surface area contributed by atoms with Crippen molar-refractivity contribution >= 4 is 24.0 Å². The van der Waals surface area contributed by atoms with Gasteiger partial charge in [0, 0.05) is 23.5 Å². The zero-order chi connectivity index (χ0) is 13.8. The van der Waals surface area contributed by atoms with Gasteiger partial charge in [0.2, 0.25) is 5.91 Å². The third-order valence-electron chi connectivity index (χ3n) is 3.14. The Hall–Kier alpha value is -1.85. The molecule has 5 nitrogen and oxygen atoms in total. The zero-order valence-electron chi connectivity index (χ0n) is 11.5. The lowest BCUT2D eigenvalue weighted by atomic mass is 10.0. The molecule has 2 rings (SSSR count). The largest absolute Gasteiger partial charge is 0.327 e. The van der Waals surface area contributed by atoms with Gasteiger partial charge in [0.1, 0.15) is 0 Å². The van der Waals surface area contributed by atoms with Crippen molar-refractivity contribution in [3.8, 4) is 11.3 Å². The van der Waals surface area contributed by atoms with Crippen LogP contribution in [0.5, 0.6) is 0 Å². The van der Waals surface area contributed by atoms with Crippen LogP contribution in [0.15, 0.2) is 36.5 Å². The zero-order valence-corrected chi connectivity index (χ0v) is 12.3. The summed E-state index contributed by atoms with van der Waals surface area (Å²) < 4.78 is 0. The summed E-state index contributed by atoms with van der Waals surface area (Å²) in [4.78, 5) is 11.9. The molecule has 0 fully saturated rings. The third-order valence-corrected chi connectivity index (χ3v) is 3.14. The second-order valence-electron chi connectivity index (χ2n) is 4.69. The average molecular weight is 295 g/mol. The molecule has 108 valence electrons. The highest BCUT2D eigenvalue weighted by molar-refractivity contribution is 5.93. The minimum Gasteiger partial charge on any atom is -0.327 e. The van der Waals surface area contributed by atoms with E-state index in [0.29, 0.717) is 0 Å². The molecule has 1 aromatic heterocycles. The first-order chi connectivity index (χ1) is 9.08. The predicted octanol–water partition coefficient (Wildman–Crippen LogP) is 2.42. The van der Waals surface area contributed by atoms with E-state index in [1.807, 2.05) is 44.2 Å². The number of rotatable bonds is 4. The Balaban J connectivity index is 0.00000200. The second kappa shape index (κ2) is 7.07. The summed E-state index contributed by atoms with van der Waals surface area (Å²) in [6.07, 6.45) is 1.69. The van der Waals surface area contributed by atoms with Crippen LogP contribution in [0.2, 0.25) is 0 Å². The molecule has 2 atom stereocenters. The topological polar surface area (TPSA) is 83.8 Å². The number of nitrogens with one attached hydrogen (secondary N) is 2. The Bertz CT molecular complexity index is 554. The summed E-state index contributed by atoms with van der Waals surface area (Å²) in [5.41, 5.74) is 8.37. The number of hydrogen-bond acceptors (Lipinski definition) is 3. The van der Waals surface area contributed by atoms with Crippen molar-refractivity contribution in [3.63, 3.8) is 0 Å². The van der Waals surface area contributed by atoms with E-state index in [1.54, 1.807) is 6.20 Å². The first kappa shape index (κ1) is 16.2. The molecule has 0 radical (unpaired) electrons. The van der Waals surface area contributed by atoms with Gasteiger partial charge in [-0.05, 0) is 25.1 Å². The molecule has 0 aliphatic heterocycles. The number of halogens is 1. The minimum atomic E-state index is -0.226. The van der Waals surface area contributed by atoms with E-state index < -0.39 is 0 Å². The van der Waals surface area contributed by atoms with Crippen LogP contribution in [-0.4, -0.2) is 22.1 Å². The number of H-pyrrole nitrogens is 1. The van der Waals surface area contributed by atoms with Crippen molar-refractivity contribution in [1.82, 2.24) is 10.2 Å². The fourth-order valence-electron chi connectivity index (χ4n) is 1.68. The van der Waals surface area contributed by atoms with E-state index in [0.717, 1.165) is 16.9 Å². The quantitative estimate of drug-likeness (QED) is 0.809. The molecule has 6 heteroatoms. The summed E-state index contributed by atoms with van der Waals surface area (Å²) in [6, 6.07) is 9.31. The fraction of sp³-hybridized carbons (Fsp3) is 0.286. The molecule has 0 saturated heterocycles. The van der Waals surface area contributed by atoms with Gasteiger partial charge in [-0.25, -0.2) is 0 Å². The number of hydrogen-bond donors (Lipinski definition) is 3. The monoisotopic (exact) mass is 294 g/mol. The van der Waals surface area contributed by atoms with Crippen molar-refractivity contribution in [2.75, 3.05) is 5.32 Å². The maximum absolute atomic E-state index is 11.9. The summed E-state index contributed by atoms with van der Waals surface area (Å²) in [6.45, 7) is 3.64. The van der Waals surface area contributed by atoms with Gasteiger partial charge in [0.15, 0.2) is 0 Å². The Morgan fingerprint density at radius 2 is 2.10 bits per heavy atom. The number of carbonyl (C=O) groups excluding carboxylic acids is 1. The van der Waals surface area contributed by atoms with Crippen LogP contribution in [0.25, 0.3) is 11.3 Å². The van der Waals surface area contributed by atoms with Crippen LogP contribution in [0.4, 0.5) is 5.69 Å². The molecule has 1 heterocycles. The molecule has 2 unspecified atom stereocenters. The van der Waals surface area contributed by atoms with Crippen molar-refractivity contribution in [1.29, 1.82) is 0 Å². The van der Waals surface area contributed by atoms with Crippen LogP contribution < -0.4 is 11.1 Å². The Labute approximate surface area is 124 Å². The third kappa shape index (κ3) is 3.82. The van der Waals surface area contributed by atoms with Crippen LogP contribution in [0.3, 0.4) is 0 Å². The summed E-state index contributed by atoms with van der Waals surface area (Å²) in [7, 11) is 0. The molecule has 1 aromatic carbocycles. The van der Waals surface area contributed by atoms with E-state index in [2.05, 4.69) is 15.5 Å². The van der Waals surface area contributed by atoms with Crippen molar-refractivity contribution in [2.45, 2.75) is 19.9 Å². The highest BCUT2D eigenvalue weighted by atomic mass is 35.5. The number of anilines is 1. The number of aromatic amines is 1. The smallest absolute Gasteiger partial charge is 0.228 e. The number of carbonyl (C=O) groups is 1. The van der Waals surface area contributed by atoms with E-state index in [1.165, 1.54) is 0 Å². The highest BCUT2D eigenvalue weighted by Gasteiger charge is 2.17. The first-order valence-corrected chi connectivity index (χ1v) is 6.24. The van der Waals surface area contributed by atoms with Crippen LogP contribution in [0, 0.1) is 5.92 Å². The predicted molar refractivity (Wildman–Crippen MR) is 82.7 cm³/mol. The summed E-state index contributed by atoms with van der Waals surface area (Å²) >= 11 is 0. The van der Waals surface area contributed by atoms with Gasteiger partial charge < -0.3 is 11.1 Å². The Kier molecular flexibility index (Phi) is 5.73. The molecule has 0 saturated carbocycles. The average Bonchev–Trinajstić information content (AvgIpc) is 2.91. The van der Waals surface area contributed by atoms with Crippen LogP contribution >= 0.6 is 12.4 Å². The van der Waals surface area contributed by atoms with Gasteiger partial charge >= 0.3 is 0 Å². The minimum absolute atomic E-state index is 0. The number of nitrogens with zero attached hydrogens (tertiary/aromatic N) is 1. The number of aromatic nitrogens is 2. The molecular weight excluding hydrogens is 276 g/mol. The van der Waals surface area contributed by atoms with Gasteiger partial charge in [-0.15, -0.1) is 12.4 Å². The van der Waals surface area contributed by atoms with Crippen molar-refractivity contribution < 1.29 is 4.79 Å². The number of amides is 1. The molecule has 0 aliphatic carbocycles. The van der Waals surface area contributed by atoms with Gasteiger partial charge in [-0.2, -0.15) is 5.10 Å². The lowest BCUT2D eigenvalue weighted by Gasteiger charge is -2.15. The molecule has 0 spiro atoms. The van der Waals surface area contributed by atoms with Crippen molar-refractivity contribution in [2.24, 2.45) is 11.7 Å². The lowest BCUT2D eigenvalue weighted by Crippen LogP contribution is -2.34. The van der Waals surface area contributed by atoms with Gasteiger partial charge in [0.05, 0.1) is 11.6 Å². The van der Waals surface area contributed by atoms with E-state index in [-0.39, 0.29) is 30.3 Å². The van der Waals surface area contributed by atoms with Gasteiger partial charge in [-0.1, -0.05) is 19.1 Å². The molecule has 0 bridgehead atoms.